The van der Waals surface area contributed by atoms with Gasteiger partial charge in [-0.25, -0.2) is 14.8 Å². The lowest BCUT2D eigenvalue weighted by Gasteiger charge is -2.39. The molecule has 2 heterocycles. The van der Waals surface area contributed by atoms with E-state index in [1.54, 1.807) is 4.90 Å². The predicted molar refractivity (Wildman–Crippen MR) is 69.5 cm³/mol. The molecule has 0 saturated carbocycles. The lowest BCUT2D eigenvalue weighted by Crippen LogP contribution is -2.52. The number of carbonyl (C=O) groups excluding carboxylic acids is 1. The average molecular weight is 279 g/mol. The predicted octanol–water partition coefficient (Wildman–Crippen LogP) is 0.816. The highest BCUT2D eigenvalue weighted by atomic mass is 16.5. The Morgan fingerprint density at radius 3 is 2.60 bits per heavy atom. The van der Waals surface area contributed by atoms with Gasteiger partial charge in [0.05, 0.1) is 24.6 Å². The van der Waals surface area contributed by atoms with Crippen LogP contribution in [0.5, 0.6) is 0 Å². The minimum Gasteiger partial charge on any atom is -0.476 e. The number of carboxylic acid groups (broad SMARTS) is 1. The zero-order valence-corrected chi connectivity index (χ0v) is 11.5. The molecule has 1 atom stereocenters. The summed E-state index contributed by atoms with van der Waals surface area (Å²) in [5.74, 6) is -1.42. The number of aromatic carboxylic acids is 1. The molecule has 0 aliphatic carbocycles. The van der Waals surface area contributed by atoms with Crippen LogP contribution < -0.4 is 0 Å². The Bertz CT molecular complexity index is 517. The number of hydrogen-bond donors (Lipinski definition) is 1. The fraction of sp³-hybridized carbons (Fsp3) is 0.538. The molecule has 1 aliphatic heterocycles. The van der Waals surface area contributed by atoms with Gasteiger partial charge in [-0.1, -0.05) is 6.92 Å². The summed E-state index contributed by atoms with van der Waals surface area (Å²) >= 11 is 0. The maximum absolute atomic E-state index is 12.3. The molecule has 0 aromatic carbocycles. The van der Waals surface area contributed by atoms with Crippen molar-refractivity contribution < 1.29 is 19.4 Å². The third kappa shape index (κ3) is 2.93. The topological polar surface area (TPSA) is 92.6 Å². The van der Waals surface area contributed by atoms with Crippen LogP contribution in [0.15, 0.2) is 12.4 Å². The fourth-order valence-corrected chi connectivity index (χ4v) is 2.03. The minimum atomic E-state index is -1.17. The van der Waals surface area contributed by atoms with E-state index in [0.29, 0.717) is 19.7 Å². The van der Waals surface area contributed by atoms with E-state index in [-0.39, 0.29) is 22.9 Å². The lowest BCUT2D eigenvalue weighted by atomic mass is 10.0. The van der Waals surface area contributed by atoms with Gasteiger partial charge >= 0.3 is 5.97 Å². The molecule has 0 radical (unpaired) electrons. The molecule has 7 nitrogen and oxygen atoms in total. The summed E-state index contributed by atoms with van der Waals surface area (Å²) in [4.78, 5) is 32.2. The molecule has 1 aromatic heterocycles. The summed E-state index contributed by atoms with van der Waals surface area (Å²) in [5.41, 5.74) is -0.375. The molecule has 2 rings (SSSR count). The molecule has 108 valence electrons. The highest BCUT2D eigenvalue weighted by Gasteiger charge is 2.33. The summed E-state index contributed by atoms with van der Waals surface area (Å²) in [6.07, 6.45) is 3.10. The summed E-state index contributed by atoms with van der Waals surface area (Å²) in [6, 6.07) is 0. The molecule has 7 heteroatoms. The standard InChI is InChI=1S/C13H17N3O4/c1-3-13(2)8-16(4-5-20-13)11(17)9-6-15-10(7-14-9)12(18)19/h6-7H,3-5,8H2,1-2H3,(H,18,19). The Morgan fingerprint density at radius 1 is 1.40 bits per heavy atom. The normalized spacial score (nSPS) is 22.6. The Morgan fingerprint density at radius 2 is 2.05 bits per heavy atom. The fourth-order valence-electron chi connectivity index (χ4n) is 2.03. The molecule has 20 heavy (non-hydrogen) atoms. The van der Waals surface area contributed by atoms with E-state index in [2.05, 4.69) is 9.97 Å². The molecule has 0 bridgehead atoms. The van der Waals surface area contributed by atoms with Gasteiger partial charge in [0.15, 0.2) is 5.69 Å². The molecule has 1 fully saturated rings. The molecule has 0 spiro atoms. The number of rotatable bonds is 3. The first-order valence-corrected chi connectivity index (χ1v) is 6.44. The second-order valence-corrected chi connectivity index (χ2v) is 4.97. The van der Waals surface area contributed by atoms with Crippen molar-refractivity contribution in [3.05, 3.63) is 23.8 Å². The van der Waals surface area contributed by atoms with Crippen LogP contribution in [-0.2, 0) is 4.74 Å². The Labute approximate surface area is 116 Å². The van der Waals surface area contributed by atoms with E-state index in [9.17, 15) is 9.59 Å². The van der Waals surface area contributed by atoms with Crippen molar-refractivity contribution in [1.29, 1.82) is 0 Å². The number of morpholine rings is 1. The van der Waals surface area contributed by atoms with Crippen molar-refractivity contribution in [2.24, 2.45) is 0 Å². The molecular weight excluding hydrogens is 262 g/mol. The first kappa shape index (κ1) is 14.4. The Balaban J connectivity index is 2.12. The third-order valence-corrected chi connectivity index (χ3v) is 3.46. The van der Waals surface area contributed by atoms with Crippen molar-refractivity contribution >= 4 is 11.9 Å². The van der Waals surface area contributed by atoms with Crippen molar-refractivity contribution in [3.63, 3.8) is 0 Å². The van der Waals surface area contributed by atoms with Gasteiger partial charge in [-0.15, -0.1) is 0 Å². The highest BCUT2D eigenvalue weighted by molar-refractivity contribution is 5.92. The zero-order chi connectivity index (χ0) is 14.8. The molecule has 1 amide bonds. The number of carboxylic acids is 1. The Hall–Kier alpha value is -2.02. The van der Waals surface area contributed by atoms with E-state index in [0.717, 1.165) is 12.6 Å². The van der Waals surface area contributed by atoms with Crippen LogP contribution in [0.4, 0.5) is 0 Å². The lowest BCUT2D eigenvalue weighted by molar-refractivity contribution is -0.0898. The van der Waals surface area contributed by atoms with Crippen LogP contribution in [0.2, 0.25) is 0 Å². The summed E-state index contributed by atoms with van der Waals surface area (Å²) < 4.78 is 5.67. The third-order valence-electron chi connectivity index (χ3n) is 3.46. The zero-order valence-electron chi connectivity index (χ0n) is 11.5. The maximum atomic E-state index is 12.3. The first-order valence-electron chi connectivity index (χ1n) is 6.44. The molecule has 1 aliphatic rings. The number of nitrogens with zero attached hydrogens (tertiary/aromatic N) is 3. The van der Waals surface area contributed by atoms with E-state index in [1.807, 2.05) is 13.8 Å². The van der Waals surface area contributed by atoms with Gasteiger partial charge in [0.2, 0.25) is 0 Å². The van der Waals surface area contributed by atoms with Gasteiger partial charge < -0.3 is 14.7 Å². The monoisotopic (exact) mass is 279 g/mol. The van der Waals surface area contributed by atoms with E-state index >= 15 is 0 Å². The highest BCUT2D eigenvalue weighted by Crippen LogP contribution is 2.21. The number of aromatic nitrogens is 2. The van der Waals surface area contributed by atoms with E-state index in [1.165, 1.54) is 6.20 Å². The number of ether oxygens (including phenoxy) is 1. The van der Waals surface area contributed by atoms with Crippen LogP contribution in [0.3, 0.4) is 0 Å². The van der Waals surface area contributed by atoms with E-state index < -0.39 is 5.97 Å². The molecule has 1 unspecified atom stereocenters. The second kappa shape index (κ2) is 5.54. The number of carbonyl (C=O) groups is 2. The average Bonchev–Trinajstić information content (AvgIpc) is 2.46. The summed E-state index contributed by atoms with van der Waals surface area (Å²) in [6.45, 7) is 5.44. The summed E-state index contributed by atoms with van der Waals surface area (Å²) in [5, 5.41) is 8.75. The van der Waals surface area contributed by atoms with Crippen LogP contribution in [0, 0.1) is 0 Å². The maximum Gasteiger partial charge on any atom is 0.356 e. The van der Waals surface area contributed by atoms with Crippen molar-refractivity contribution in [1.82, 2.24) is 14.9 Å². The summed E-state index contributed by atoms with van der Waals surface area (Å²) in [7, 11) is 0. The molecular formula is C13H17N3O4. The van der Waals surface area contributed by atoms with Gasteiger partial charge in [-0.2, -0.15) is 0 Å². The number of hydrogen-bond acceptors (Lipinski definition) is 5. The van der Waals surface area contributed by atoms with E-state index in [4.69, 9.17) is 9.84 Å². The van der Waals surface area contributed by atoms with Crippen LogP contribution in [0.1, 0.15) is 41.2 Å². The van der Waals surface area contributed by atoms with Gasteiger partial charge in [-0.3, -0.25) is 4.79 Å². The molecule has 1 N–H and O–H groups in total. The van der Waals surface area contributed by atoms with Crippen molar-refractivity contribution in [2.45, 2.75) is 25.9 Å². The SMILES string of the molecule is CCC1(C)CN(C(=O)c2cnc(C(=O)O)cn2)CCO1. The molecule has 1 saturated heterocycles. The smallest absolute Gasteiger partial charge is 0.356 e. The van der Waals surface area contributed by atoms with Gasteiger partial charge in [0.1, 0.15) is 5.69 Å². The van der Waals surface area contributed by atoms with Gasteiger partial charge in [-0.05, 0) is 13.3 Å². The van der Waals surface area contributed by atoms with Gasteiger partial charge in [0, 0.05) is 13.1 Å². The van der Waals surface area contributed by atoms with Gasteiger partial charge in [0.25, 0.3) is 5.91 Å². The van der Waals surface area contributed by atoms with Crippen LogP contribution >= 0.6 is 0 Å². The Kier molecular flexibility index (Phi) is 3.99. The minimum absolute atomic E-state index is 0.148. The largest absolute Gasteiger partial charge is 0.476 e. The van der Waals surface area contributed by atoms with Crippen molar-refractivity contribution in [2.75, 3.05) is 19.7 Å². The first-order chi connectivity index (χ1) is 9.45. The quantitative estimate of drug-likeness (QED) is 0.880. The van der Waals surface area contributed by atoms with Crippen LogP contribution in [-0.4, -0.2) is 57.1 Å². The second-order valence-electron chi connectivity index (χ2n) is 4.97. The van der Waals surface area contributed by atoms with Crippen LogP contribution in [0.25, 0.3) is 0 Å². The number of amides is 1. The van der Waals surface area contributed by atoms with Crippen molar-refractivity contribution in [3.8, 4) is 0 Å². The molecule has 1 aromatic rings.